The zero-order chi connectivity index (χ0) is 20.0. The number of rotatable bonds is 7. The van der Waals surface area contributed by atoms with Gasteiger partial charge >= 0.3 is 5.69 Å². The molecule has 0 aliphatic rings. The number of nitrogens with zero attached hydrogens (tertiary/aromatic N) is 3. The summed E-state index contributed by atoms with van der Waals surface area (Å²) in [5.74, 6) is -1.54. The Morgan fingerprint density at radius 1 is 1.15 bits per heavy atom. The zero-order valence-electron chi connectivity index (χ0n) is 13.9. The normalized spacial score (nSPS) is 10.6. The molecule has 0 radical (unpaired) electrons. The smallest absolute Gasteiger partial charge is 0.311 e. The number of nitrogens with one attached hydrogen (secondary N) is 1. The lowest BCUT2D eigenvalue weighted by Gasteiger charge is -2.07. The fourth-order valence-corrected chi connectivity index (χ4v) is 2.01. The molecule has 2 rings (SSSR count). The third-order valence-corrected chi connectivity index (χ3v) is 3.25. The largest absolute Gasteiger partial charge is 0.868 e. The van der Waals surface area contributed by atoms with Gasteiger partial charge in [-0.15, -0.1) is 0 Å². The van der Waals surface area contributed by atoms with E-state index in [0.717, 1.165) is 18.3 Å². The third-order valence-electron chi connectivity index (χ3n) is 3.25. The Kier molecular flexibility index (Phi) is 5.99. The molecule has 0 aliphatic carbocycles. The second kappa shape index (κ2) is 8.38. The maximum atomic E-state index is 11.7. The molecule has 0 atom stereocenters. The maximum absolute atomic E-state index is 11.7. The van der Waals surface area contributed by atoms with Crippen molar-refractivity contribution in [2.75, 3.05) is 6.61 Å². The first-order chi connectivity index (χ1) is 12.8. The quantitative estimate of drug-likeness (QED) is 0.436. The van der Waals surface area contributed by atoms with Crippen molar-refractivity contribution in [3.63, 3.8) is 0 Å². The number of hydrazone groups is 1. The van der Waals surface area contributed by atoms with Gasteiger partial charge in [-0.1, -0.05) is 12.1 Å². The van der Waals surface area contributed by atoms with Gasteiger partial charge in [-0.25, -0.2) is 5.43 Å². The van der Waals surface area contributed by atoms with Crippen molar-refractivity contribution in [1.29, 1.82) is 0 Å². The lowest BCUT2D eigenvalue weighted by atomic mass is 10.2. The van der Waals surface area contributed by atoms with Crippen LogP contribution in [0.3, 0.4) is 0 Å². The number of aryl methyl sites for hydroxylation is 1. The molecule has 0 bridgehead atoms. The molecule has 140 valence electrons. The molecule has 11 heteroatoms. The highest BCUT2D eigenvalue weighted by Crippen LogP contribution is 2.27. The minimum absolute atomic E-state index is 0.0592. The van der Waals surface area contributed by atoms with Gasteiger partial charge in [-0.05, 0) is 35.9 Å². The molecular formula is C16H13N4O7-. The number of carbonyl (C=O) groups is 1. The standard InChI is InChI=1S/C16H14N4O7/c1-10-2-5-15(13(6-10)20(25)26)27-9-16(22)18-17-8-11-3-4-12(19(23)24)14(21)7-11/h2-8,21H,9H2,1H3,(H,18,22)/p-1/b17-8-. The van der Waals surface area contributed by atoms with Crippen LogP contribution in [0.2, 0.25) is 0 Å². The van der Waals surface area contributed by atoms with E-state index in [9.17, 15) is 30.1 Å². The fourth-order valence-electron chi connectivity index (χ4n) is 2.01. The van der Waals surface area contributed by atoms with Crippen molar-refractivity contribution in [2.45, 2.75) is 6.92 Å². The van der Waals surface area contributed by atoms with Gasteiger partial charge in [0.2, 0.25) is 0 Å². The van der Waals surface area contributed by atoms with Crippen LogP contribution in [-0.4, -0.2) is 28.6 Å². The second-order valence-corrected chi connectivity index (χ2v) is 5.29. The van der Waals surface area contributed by atoms with Gasteiger partial charge in [0.05, 0.1) is 16.1 Å². The molecular weight excluding hydrogens is 360 g/mol. The summed E-state index contributed by atoms with van der Waals surface area (Å²) in [7, 11) is 0. The molecule has 0 saturated carbocycles. The minimum Gasteiger partial charge on any atom is -0.868 e. The highest BCUT2D eigenvalue weighted by molar-refractivity contribution is 5.83. The van der Waals surface area contributed by atoms with E-state index in [-0.39, 0.29) is 17.0 Å². The maximum Gasteiger partial charge on any atom is 0.311 e. The molecule has 11 nitrogen and oxygen atoms in total. The topological polar surface area (TPSA) is 160 Å². The number of hydrogen-bond acceptors (Lipinski definition) is 8. The van der Waals surface area contributed by atoms with Crippen molar-refractivity contribution < 1.29 is 24.5 Å². The van der Waals surface area contributed by atoms with E-state index in [1.807, 2.05) is 0 Å². The third kappa shape index (κ3) is 5.22. The van der Waals surface area contributed by atoms with E-state index in [2.05, 4.69) is 10.5 Å². The van der Waals surface area contributed by atoms with E-state index < -0.39 is 33.8 Å². The minimum atomic E-state index is -0.799. The summed E-state index contributed by atoms with van der Waals surface area (Å²) in [6.45, 7) is 1.16. The monoisotopic (exact) mass is 373 g/mol. The molecule has 0 saturated heterocycles. The summed E-state index contributed by atoms with van der Waals surface area (Å²) < 4.78 is 5.13. The van der Waals surface area contributed by atoms with E-state index >= 15 is 0 Å². The molecule has 2 aromatic rings. The number of hydrogen-bond donors (Lipinski definition) is 1. The zero-order valence-corrected chi connectivity index (χ0v) is 13.9. The van der Waals surface area contributed by atoms with Crippen molar-refractivity contribution in [3.05, 3.63) is 67.8 Å². The van der Waals surface area contributed by atoms with Crippen LogP contribution in [0.4, 0.5) is 11.4 Å². The van der Waals surface area contributed by atoms with Gasteiger partial charge in [0.25, 0.3) is 11.6 Å². The van der Waals surface area contributed by atoms with Gasteiger partial charge in [0.15, 0.2) is 12.4 Å². The molecule has 0 fully saturated rings. The summed E-state index contributed by atoms with van der Waals surface area (Å²) in [6, 6.07) is 7.64. The molecule has 0 aliphatic heterocycles. The summed E-state index contributed by atoms with van der Waals surface area (Å²) in [4.78, 5) is 31.8. The van der Waals surface area contributed by atoms with E-state index in [0.29, 0.717) is 5.56 Å². The first-order valence-corrected chi connectivity index (χ1v) is 7.43. The molecule has 1 N–H and O–H groups in total. The molecule has 1 amide bonds. The first kappa shape index (κ1) is 19.3. The van der Waals surface area contributed by atoms with E-state index in [4.69, 9.17) is 4.74 Å². The molecule has 2 aromatic carbocycles. The summed E-state index contributed by atoms with van der Waals surface area (Å²) >= 11 is 0. The Balaban J connectivity index is 1.93. The van der Waals surface area contributed by atoms with Crippen molar-refractivity contribution >= 4 is 23.5 Å². The van der Waals surface area contributed by atoms with E-state index in [1.165, 1.54) is 18.2 Å². The van der Waals surface area contributed by atoms with Crippen LogP contribution in [0, 0.1) is 27.2 Å². The SMILES string of the molecule is Cc1ccc(OCC(=O)N/N=C\c2ccc([N+](=O)[O-])c([O-])c2)c([N+](=O)[O-])c1. The summed E-state index contributed by atoms with van der Waals surface area (Å²) in [5, 5.41) is 36.6. The van der Waals surface area contributed by atoms with Crippen LogP contribution >= 0.6 is 0 Å². The lowest BCUT2D eigenvalue weighted by molar-refractivity contribution is -0.398. The Labute approximate surface area is 152 Å². The van der Waals surface area contributed by atoms with Crippen LogP contribution in [0.5, 0.6) is 11.5 Å². The Morgan fingerprint density at radius 2 is 1.85 bits per heavy atom. The lowest BCUT2D eigenvalue weighted by Crippen LogP contribution is -2.24. The second-order valence-electron chi connectivity index (χ2n) is 5.29. The van der Waals surface area contributed by atoms with Crippen LogP contribution in [0.25, 0.3) is 0 Å². The fraction of sp³-hybridized carbons (Fsp3) is 0.125. The number of ether oxygens (including phenoxy) is 1. The summed E-state index contributed by atoms with van der Waals surface area (Å²) in [5.41, 5.74) is 2.21. The predicted octanol–water partition coefficient (Wildman–Crippen LogP) is 1.41. The van der Waals surface area contributed by atoms with Gasteiger partial charge in [0.1, 0.15) is 0 Å². The average Bonchev–Trinajstić information content (AvgIpc) is 2.60. The highest BCUT2D eigenvalue weighted by atomic mass is 16.6. The van der Waals surface area contributed by atoms with Crippen LogP contribution in [0.15, 0.2) is 41.5 Å². The highest BCUT2D eigenvalue weighted by Gasteiger charge is 2.16. The molecule has 0 unspecified atom stereocenters. The molecule has 0 heterocycles. The average molecular weight is 373 g/mol. The Bertz CT molecular complexity index is 927. The predicted molar refractivity (Wildman–Crippen MR) is 91.6 cm³/mol. The van der Waals surface area contributed by atoms with Gasteiger partial charge in [-0.2, -0.15) is 5.10 Å². The van der Waals surface area contributed by atoms with Crippen molar-refractivity contribution in [2.24, 2.45) is 5.10 Å². The first-order valence-electron chi connectivity index (χ1n) is 7.43. The van der Waals surface area contributed by atoms with Crippen LogP contribution in [0.1, 0.15) is 11.1 Å². The number of nitro groups is 2. The number of nitro benzene ring substituents is 2. The number of amides is 1. The Hall–Kier alpha value is -4.02. The van der Waals surface area contributed by atoms with Crippen molar-refractivity contribution in [1.82, 2.24) is 5.43 Å². The van der Waals surface area contributed by atoms with Crippen LogP contribution in [-0.2, 0) is 4.79 Å². The van der Waals surface area contributed by atoms with Gasteiger partial charge < -0.3 is 9.84 Å². The number of carbonyl (C=O) groups excluding carboxylic acids is 1. The van der Waals surface area contributed by atoms with Gasteiger partial charge in [-0.3, -0.25) is 25.0 Å². The molecule has 27 heavy (non-hydrogen) atoms. The Morgan fingerprint density at radius 3 is 2.48 bits per heavy atom. The van der Waals surface area contributed by atoms with Gasteiger partial charge in [0, 0.05) is 12.1 Å². The molecule has 0 spiro atoms. The molecule has 0 aromatic heterocycles. The van der Waals surface area contributed by atoms with E-state index in [1.54, 1.807) is 13.0 Å². The van der Waals surface area contributed by atoms with Crippen molar-refractivity contribution in [3.8, 4) is 11.5 Å². The number of benzene rings is 2. The summed E-state index contributed by atoms with van der Waals surface area (Å²) in [6.07, 6.45) is 1.12. The van der Waals surface area contributed by atoms with Crippen LogP contribution < -0.4 is 15.3 Å².